The molecule has 1 N–H and O–H groups in total. The molecule has 13 heteroatoms. The fraction of sp³-hybridized carbons (Fsp3) is 0.240. The van der Waals surface area contributed by atoms with Crippen LogP contribution in [0.2, 0.25) is 0 Å². The van der Waals surface area contributed by atoms with Gasteiger partial charge in [0.25, 0.3) is 0 Å². The van der Waals surface area contributed by atoms with Gasteiger partial charge in [-0.3, -0.25) is 14.9 Å². The van der Waals surface area contributed by atoms with Crippen LogP contribution in [0.25, 0.3) is 0 Å². The number of hydrogen-bond acceptors (Lipinski definition) is 9. The Balaban J connectivity index is 1.36. The lowest BCUT2D eigenvalue weighted by Crippen LogP contribution is -2.27. The number of fused-ring (bicyclic) bond motifs is 1. The van der Waals surface area contributed by atoms with Crippen molar-refractivity contribution in [2.45, 2.75) is 30.8 Å². The molecule has 0 saturated carbocycles. The van der Waals surface area contributed by atoms with Crippen molar-refractivity contribution in [3.05, 3.63) is 93.3 Å². The second-order valence-corrected chi connectivity index (χ2v) is 9.89. The molecule has 0 saturated heterocycles. The Morgan fingerprint density at radius 1 is 1.18 bits per heavy atom. The smallest absolute Gasteiger partial charge is 0.312 e. The van der Waals surface area contributed by atoms with E-state index in [1.807, 2.05) is 30.3 Å². The Bertz CT molecular complexity index is 1450. The number of carbonyl (C=O) groups is 1. The van der Waals surface area contributed by atoms with Gasteiger partial charge in [-0.25, -0.2) is 17.5 Å². The summed E-state index contributed by atoms with van der Waals surface area (Å²) in [5.74, 6) is -1.05. The summed E-state index contributed by atoms with van der Waals surface area (Å²) >= 11 is 0. The van der Waals surface area contributed by atoms with Crippen molar-refractivity contribution >= 4 is 21.7 Å². The third-order valence-electron chi connectivity index (χ3n) is 5.56. The van der Waals surface area contributed by atoms with E-state index < -0.39 is 38.7 Å². The van der Waals surface area contributed by atoms with Crippen molar-refractivity contribution in [2.75, 3.05) is 13.7 Å². The zero-order chi connectivity index (χ0) is 27.3. The van der Waals surface area contributed by atoms with E-state index in [4.69, 9.17) is 18.9 Å². The highest BCUT2D eigenvalue weighted by molar-refractivity contribution is 7.89. The molecule has 0 spiro atoms. The molecule has 0 fully saturated rings. The largest absolute Gasteiger partial charge is 0.490 e. The van der Waals surface area contributed by atoms with Crippen molar-refractivity contribution in [3.8, 4) is 11.5 Å². The lowest BCUT2D eigenvalue weighted by molar-refractivity contribution is -0.386. The van der Waals surface area contributed by atoms with Crippen molar-refractivity contribution in [1.82, 2.24) is 4.72 Å². The summed E-state index contributed by atoms with van der Waals surface area (Å²) in [4.78, 5) is 22.3. The number of benzene rings is 3. The molecule has 200 valence electrons. The summed E-state index contributed by atoms with van der Waals surface area (Å²) < 4.78 is 63.1. The average Bonchev–Trinajstić information content (AvgIpc) is 2.91. The third-order valence-corrected chi connectivity index (χ3v) is 7.02. The lowest BCUT2D eigenvalue weighted by atomic mass is 10.1. The first-order chi connectivity index (χ1) is 18.2. The molecule has 1 aliphatic heterocycles. The molecule has 1 aliphatic rings. The van der Waals surface area contributed by atoms with Crippen molar-refractivity contribution in [2.24, 2.45) is 0 Å². The molecule has 0 aromatic heterocycles. The van der Waals surface area contributed by atoms with Gasteiger partial charge in [-0.15, -0.1) is 0 Å². The molecule has 0 amide bonds. The summed E-state index contributed by atoms with van der Waals surface area (Å²) in [6.07, 6.45) is -1.06. The molecule has 0 bridgehead atoms. The van der Waals surface area contributed by atoms with Crippen LogP contribution in [-0.2, 0) is 37.5 Å². The van der Waals surface area contributed by atoms with E-state index in [0.717, 1.165) is 23.8 Å². The summed E-state index contributed by atoms with van der Waals surface area (Å²) in [6.45, 7) is -0.542. The number of ether oxygens (including phenoxy) is 4. The highest BCUT2D eigenvalue weighted by Gasteiger charge is 2.26. The predicted molar refractivity (Wildman–Crippen MR) is 130 cm³/mol. The van der Waals surface area contributed by atoms with Gasteiger partial charge in [-0.2, -0.15) is 0 Å². The van der Waals surface area contributed by atoms with E-state index in [0.29, 0.717) is 16.9 Å². The Morgan fingerprint density at radius 2 is 1.95 bits per heavy atom. The minimum Gasteiger partial charge on any atom is -0.490 e. The molecule has 0 radical (unpaired) electrons. The van der Waals surface area contributed by atoms with Gasteiger partial charge >= 0.3 is 11.7 Å². The van der Waals surface area contributed by atoms with E-state index in [9.17, 15) is 27.7 Å². The quantitative estimate of drug-likeness (QED) is 0.228. The van der Waals surface area contributed by atoms with Gasteiger partial charge in [0.05, 0.1) is 30.0 Å². The van der Waals surface area contributed by atoms with Crippen molar-refractivity contribution in [1.29, 1.82) is 0 Å². The molecule has 1 atom stereocenters. The number of hydrogen-bond donors (Lipinski definition) is 1. The standard InChI is InChI=1S/C25H23FN2O9S/c1-34-22-8-7-20(13-21(22)28(30)31)38(32,33)27-10-9-23(29)35-14-17-11-19(26)12-18-15-36-25(37-24(17)18)16-5-3-2-4-6-16/h2-8,11-13,25,27H,9-10,14-15H2,1H3. The topological polar surface area (TPSA) is 143 Å². The molecular formula is C25H23FN2O9S. The normalized spacial score (nSPS) is 14.7. The average molecular weight is 547 g/mol. The van der Waals surface area contributed by atoms with Crippen LogP contribution in [0, 0.1) is 15.9 Å². The van der Waals surface area contributed by atoms with E-state index in [1.54, 1.807) is 0 Å². The van der Waals surface area contributed by atoms with Crippen LogP contribution in [-0.4, -0.2) is 33.0 Å². The van der Waals surface area contributed by atoms with Gasteiger partial charge < -0.3 is 18.9 Å². The molecule has 11 nitrogen and oxygen atoms in total. The maximum Gasteiger partial charge on any atom is 0.312 e. The summed E-state index contributed by atoms with van der Waals surface area (Å²) in [5.41, 5.74) is 1.00. The maximum atomic E-state index is 14.1. The van der Waals surface area contributed by atoms with Crippen LogP contribution < -0.4 is 14.2 Å². The molecule has 1 unspecified atom stereocenters. The number of nitro groups is 1. The van der Waals surface area contributed by atoms with Gasteiger partial charge in [0.15, 0.2) is 5.75 Å². The van der Waals surface area contributed by atoms with Crippen LogP contribution in [0.3, 0.4) is 0 Å². The molecule has 1 heterocycles. The maximum absolute atomic E-state index is 14.1. The number of nitro benzene ring substituents is 1. The minimum atomic E-state index is -4.16. The number of halogens is 1. The highest BCUT2D eigenvalue weighted by atomic mass is 32.2. The Hall–Kier alpha value is -4.07. The molecular weight excluding hydrogens is 523 g/mol. The Labute approximate surface area is 217 Å². The lowest BCUT2D eigenvalue weighted by Gasteiger charge is -2.28. The van der Waals surface area contributed by atoms with Crippen LogP contribution in [0.4, 0.5) is 10.1 Å². The SMILES string of the molecule is COc1ccc(S(=O)(=O)NCCC(=O)OCc2cc(F)cc3c2OC(c2ccccc2)OC3)cc1[N+](=O)[O-]. The molecule has 38 heavy (non-hydrogen) atoms. The van der Waals surface area contributed by atoms with Crippen LogP contribution in [0.5, 0.6) is 11.5 Å². The number of sulfonamides is 1. The number of esters is 1. The second-order valence-electron chi connectivity index (χ2n) is 8.12. The monoisotopic (exact) mass is 546 g/mol. The number of rotatable bonds is 10. The zero-order valence-electron chi connectivity index (χ0n) is 20.1. The summed E-state index contributed by atoms with van der Waals surface area (Å²) in [5, 5.41) is 11.2. The van der Waals surface area contributed by atoms with Crippen LogP contribution in [0.15, 0.2) is 65.6 Å². The molecule has 3 aromatic carbocycles. The number of carbonyl (C=O) groups excluding carboxylic acids is 1. The number of methoxy groups -OCH3 is 1. The minimum absolute atomic E-state index is 0.0947. The van der Waals surface area contributed by atoms with Gasteiger partial charge in [0, 0.05) is 29.3 Å². The van der Waals surface area contributed by atoms with Crippen molar-refractivity contribution in [3.63, 3.8) is 0 Å². The van der Waals surface area contributed by atoms with Crippen molar-refractivity contribution < 1.29 is 41.5 Å². The van der Waals surface area contributed by atoms with Gasteiger partial charge in [-0.05, 0) is 24.3 Å². The number of nitrogens with one attached hydrogen (secondary N) is 1. The first-order valence-corrected chi connectivity index (χ1v) is 12.8. The summed E-state index contributed by atoms with van der Waals surface area (Å²) in [6, 6.07) is 14.8. The highest BCUT2D eigenvalue weighted by Crippen LogP contribution is 2.37. The Morgan fingerprint density at radius 3 is 2.66 bits per heavy atom. The van der Waals surface area contributed by atoms with Gasteiger partial charge in [0.2, 0.25) is 16.3 Å². The first-order valence-electron chi connectivity index (χ1n) is 11.3. The van der Waals surface area contributed by atoms with E-state index in [-0.39, 0.29) is 36.8 Å². The van der Waals surface area contributed by atoms with E-state index in [2.05, 4.69) is 4.72 Å². The molecule has 4 rings (SSSR count). The molecule has 3 aromatic rings. The van der Waals surface area contributed by atoms with E-state index in [1.165, 1.54) is 19.2 Å². The van der Waals surface area contributed by atoms with Gasteiger partial charge in [0.1, 0.15) is 18.2 Å². The summed E-state index contributed by atoms with van der Waals surface area (Å²) in [7, 11) is -2.93. The zero-order valence-corrected chi connectivity index (χ0v) is 20.9. The van der Waals surface area contributed by atoms with Crippen LogP contribution in [0.1, 0.15) is 29.4 Å². The second kappa shape index (κ2) is 11.5. The Kier molecular flexibility index (Phi) is 8.20. The predicted octanol–water partition coefficient (Wildman–Crippen LogP) is 3.76. The number of nitrogens with zero attached hydrogens (tertiary/aromatic N) is 1. The fourth-order valence-electron chi connectivity index (χ4n) is 3.74. The van der Waals surface area contributed by atoms with Gasteiger partial charge in [-0.1, -0.05) is 30.3 Å². The van der Waals surface area contributed by atoms with Crippen LogP contribution >= 0.6 is 0 Å². The van der Waals surface area contributed by atoms with E-state index >= 15 is 0 Å². The molecule has 0 aliphatic carbocycles. The third kappa shape index (κ3) is 6.25. The fourth-order valence-corrected chi connectivity index (χ4v) is 4.79. The first kappa shape index (κ1) is 27.0.